The Labute approximate surface area is 147 Å². The van der Waals surface area contributed by atoms with Crippen molar-refractivity contribution in [3.63, 3.8) is 0 Å². The topological polar surface area (TPSA) is 118 Å². The standard InChI is InChI=1S/C15H17F3O7S/c1-6-7(2)9(4)12(11(8(6)3)13(19)20)14(21)25-10(15(16,17)18)5-26(22,23)24/h10H,5H2,1-4H3,(H,19,20)(H,22,23,24). The lowest BCUT2D eigenvalue weighted by atomic mass is 9.89. The maximum Gasteiger partial charge on any atom is 0.426 e. The van der Waals surface area contributed by atoms with Crippen LogP contribution in [-0.4, -0.2) is 48.0 Å². The Hall–Kier alpha value is -2.14. The van der Waals surface area contributed by atoms with Crippen LogP contribution in [0.5, 0.6) is 0 Å². The lowest BCUT2D eigenvalue weighted by molar-refractivity contribution is -0.197. The molecule has 0 aliphatic heterocycles. The Morgan fingerprint density at radius 2 is 1.42 bits per heavy atom. The summed E-state index contributed by atoms with van der Waals surface area (Å²) in [4.78, 5) is 23.8. The molecule has 0 aliphatic rings. The van der Waals surface area contributed by atoms with E-state index in [-0.39, 0.29) is 11.1 Å². The third-order valence-corrected chi connectivity index (χ3v) is 4.81. The highest BCUT2D eigenvalue weighted by molar-refractivity contribution is 7.85. The molecular weight excluding hydrogens is 381 g/mol. The number of carboxylic acid groups (broad SMARTS) is 1. The fourth-order valence-electron chi connectivity index (χ4n) is 2.41. The summed E-state index contributed by atoms with van der Waals surface area (Å²) in [6.45, 7) is 5.88. The maximum absolute atomic E-state index is 12.9. The molecule has 146 valence electrons. The number of aromatic carboxylic acids is 1. The number of alkyl halides is 3. The van der Waals surface area contributed by atoms with Gasteiger partial charge in [0.15, 0.2) is 0 Å². The summed E-state index contributed by atoms with van der Waals surface area (Å²) in [6, 6.07) is 0. The fraction of sp³-hybridized carbons (Fsp3) is 0.467. The van der Waals surface area contributed by atoms with Gasteiger partial charge in [-0.2, -0.15) is 21.6 Å². The van der Waals surface area contributed by atoms with Gasteiger partial charge in [0.2, 0.25) is 6.10 Å². The van der Waals surface area contributed by atoms with Crippen LogP contribution in [0.25, 0.3) is 0 Å². The molecule has 0 spiro atoms. The SMILES string of the molecule is Cc1c(C)c(C)c(C(=O)OC(CS(=O)(=O)O)C(F)(F)F)c(C(=O)O)c1C. The molecule has 11 heteroatoms. The van der Waals surface area contributed by atoms with Gasteiger partial charge in [0, 0.05) is 0 Å². The molecular formula is C15H17F3O7S. The Kier molecular flexibility index (Phi) is 6.09. The van der Waals surface area contributed by atoms with Gasteiger partial charge < -0.3 is 9.84 Å². The minimum Gasteiger partial charge on any atom is -0.478 e. The molecule has 0 aromatic heterocycles. The average Bonchev–Trinajstić information content (AvgIpc) is 2.44. The number of hydrogen-bond acceptors (Lipinski definition) is 5. The maximum atomic E-state index is 12.9. The summed E-state index contributed by atoms with van der Waals surface area (Å²) >= 11 is 0. The molecule has 0 saturated carbocycles. The molecule has 1 aromatic carbocycles. The quantitative estimate of drug-likeness (QED) is 0.578. The van der Waals surface area contributed by atoms with Gasteiger partial charge in [0.05, 0.1) is 11.1 Å². The lowest BCUT2D eigenvalue weighted by Crippen LogP contribution is -2.40. The molecule has 0 amide bonds. The predicted octanol–water partition coefficient (Wildman–Crippen LogP) is 2.59. The zero-order valence-electron chi connectivity index (χ0n) is 14.3. The summed E-state index contributed by atoms with van der Waals surface area (Å²) in [6.07, 6.45) is -8.43. The van der Waals surface area contributed by atoms with Crippen LogP contribution in [0.2, 0.25) is 0 Å². The van der Waals surface area contributed by atoms with E-state index in [1.807, 2.05) is 0 Å². The van der Waals surface area contributed by atoms with E-state index in [1.165, 1.54) is 13.8 Å². The van der Waals surface area contributed by atoms with Gasteiger partial charge in [0.1, 0.15) is 5.75 Å². The molecule has 1 rings (SSSR count). The molecule has 0 heterocycles. The highest BCUT2D eigenvalue weighted by Gasteiger charge is 2.46. The summed E-state index contributed by atoms with van der Waals surface area (Å²) in [5.41, 5.74) is 0.180. The number of carboxylic acids is 1. The number of ether oxygens (including phenoxy) is 1. The van der Waals surface area contributed by atoms with Gasteiger partial charge in [-0.05, 0) is 49.9 Å². The molecule has 0 saturated heterocycles. The van der Waals surface area contributed by atoms with E-state index in [1.54, 1.807) is 13.8 Å². The van der Waals surface area contributed by atoms with Gasteiger partial charge in [0.25, 0.3) is 10.1 Å². The molecule has 2 N–H and O–H groups in total. The summed E-state index contributed by atoms with van der Waals surface area (Å²) in [5.74, 6) is -5.08. The van der Waals surface area contributed by atoms with Crippen LogP contribution in [0, 0.1) is 27.7 Å². The minimum absolute atomic E-state index is 0.100. The Balaban J connectivity index is 3.51. The van der Waals surface area contributed by atoms with Crippen LogP contribution in [-0.2, 0) is 14.9 Å². The number of carbonyl (C=O) groups excluding carboxylic acids is 1. The zero-order valence-corrected chi connectivity index (χ0v) is 15.1. The highest BCUT2D eigenvalue weighted by Crippen LogP contribution is 2.30. The van der Waals surface area contributed by atoms with E-state index < -0.39 is 51.2 Å². The van der Waals surface area contributed by atoms with Gasteiger partial charge in [-0.25, -0.2) is 9.59 Å². The largest absolute Gasteiger partial charge is 0.478 e. The summed E-state index contributed by atoms with van der Waals surface area (Å²) < 4.78 is 73.2. The lowest BCUT2D eigenvalue weighted by Gasteiger charge is -2.22. The van der Waals surface area contributed by atoms with Gasteiger partial charge in [-0.15, -0.1) is 0 Å². The van der Waals surface area contributed by atoms with Crippen LogP contribution >= 0.6 is 0 Å². The molecule has 1 aromatic rings. The third kappa shape index (κ3) is 4.73. The van der Waals surface area contributed by atoms with Gasteiger partial charge in [-0.1, -0.05) is 0 Å². The fourth-order valence-corrected chi connectivity index (χ4v) is 3.05. The number of hydrogen-bond donors (Lipinski definition) is 2. The van der Waals surface area contributed by atoms with Crippen molar-refractivity contribution < 1.29 is 45.6 Å². The summed E-state index contributed by atoms with van der Waals surface area (Å²) in [5, 5.41) is 9.35. The Bertz CT molecular complexity index is 857. The van der Waals surface area contributed by atoms with Gasteiger partial charge in [-0.3, -0.25) is 4.55 Å². The van der Waals surface area contributed by atoms with Crippen LogP contribution in [0.3, 0.4) is 0 Å². The van der Waals surface area contributed by atoms with Crippen molar-refractivity contribution in [2.24, 2.45) is 0 Å². The van der Waals surface area contributed by atoms with Crippen molar-refractivity contribution >= 4 is 22.1 Å². The van der Waals surface area contributed by atoms with Gasteiger partial charge >= 0.3 is 18.1 Å². The van der Waals surface area contributed by atoms with Crippen molar-refractivity contribution in [1.82, 2.24) is 0 Å². The van der Waals surface area contributed by atoms with E-state index in [0.717, 1.165) is 0 Å². The predicted molar refractivity (Wildman–Crippen MR) is 84.0 cm³/mol. The second kappa shape index (κ2) is 7.23. The first-order valence-corrected chi connectivity index (χ1v) is 8.75. The summed E-state index contributed by atoms with van der Waals surface area (Å²) in [7, 11) is -5.11. The van der Waals surface area contributed by atoms with Crippen molar-refractivity contribution in [2.75, 3.05) is 5.75 Å². The molecule has 0 radical (unpaired) electrons. The molecule has 1 unspecified atom stereocenters. The number of rotatable bonds is 5. The molecule has 26 heavy (non-hydrogen) atoms. The highest BCUT2D eigenvalue weighted by atomic mass is 32.2. The Morgan fingerprint density at radius 1 is 1.00 bits per heavy atom. The minimum atomic E-state index is -5.28. The second-order valence-corrected chi connectivity index (χ2v) is 7.24. The number of esters is 1. The van der Waals surface area contributed by atoms with E-state index in [0.29, 0.717) is 11.1 Å². The first-order valence-electron chi connectivity index (χ1n) is 7.14. The van der Waals surface area contributed by atoms with E-state index >= 15 is 0 Å². The van der Waals surface area contributed by atoms with Crippen LogP contribution in [0.1, 0.15) is 43.0 Å². The van der Waals surface area contributed by atoms with E-state index in [2.05, 4.69) is 4.74 Å². The smallest absolute Gasteiger partial charge is 0.426 e. The molecule has 0 bridgehead atoms. The van der Waals surface area contributed by atoms with Crippen molar-refractivity contribution in [3.05, 3.63) is 33.4 Å². The second-order valence-electron chi connectivity index (χ2n) is 5.74. The molecule has 7 nitrogen and oxygen atoms in total. The van der Waals surface area contributed by atoms with Crippen LogP contribution in [0.4, 0.5) is 13.2 Å². The van der Waals surface area contributed by atoms with Crippen LogP contribution < -0.4 is 0 Å². The molecule has 1 atom stereocenters. The number of benzene rings is 1. The molecule has 0 fully saturated rings. The Morgan fingerprint density at radius 3 is 1.77 bits per heavy atom. The zero-order chi connectivity index (χ0) is 20.6. The molecule has 0 aliphatic carbocycles. The first-order chi connectivity index (χ1) is 11.6. The average molecular weight is 398 g/mol. The monoisotopic (exact) mass is 398 g/mol. The van der Waals surface area contributed by atoms with Crippen molar-refractivity contribution in [3.8, 4) is 0 Å². The number of carbonyl (C=O) groups is 2. The van der Waals surface area contributed by atoms with Crippen molar-refractivity contribution in [2.45, 2.75) is 40.0 Å². The number of halogens is 3. The van der Waals surface area contributed by atoms with Crippen molar-refractivity contribution in [1.29, 1.82) is 0 Å². The third-order valence-electron chi connectivity index (χ3n) is 4.08. The van der Waals surface area contributed by atoms with E-state index in [9.17, 15) is 36.3 Å². The van der Waals surface area contributed by atoms with Crippen LogP contribution in [0.15, 0.2) is 0 Å². The normalized spacial score (nSPS) is 13.4. The van der Waals surface area contributed by atoms with E-state index in [4.69, 9.17) is 4.55 Å². The first kappa shape index (κ1) is 21.9.